The van der Waals surface area contributed by atoms with Crippen molar-refractivity contribution in [2.45, 2.75) is 25.8 Å². The van der Waals surface area contributed by atoms with E-state index >= 15 is 0 Å². The molecule has 0 saturated carbocycles. The second kappa shape index (κ2) is 8.51. The molecule has 0 aliphatic carbocycles. The van der Waals surface area contributed by atoms with Crippen LogP contribution in [0.25, 0.3) is 0 Å². The molecule has 1 heterocycles. The molecule has 0 spiro atoms. The van der Waals surface area contributed by atoms with Crippen LogP contribution in [0.2, 0.25) is 0 Å². The van der Waals surface area contributed by atoms with Crippen LogP contribution in [-0.2, 0) is 4.79 Å². The van der Waals surface area contributed by atoms with E-state index in [0.29, 0.717) is 6.54 Å². The van der Waals surface area contributed by atoms with Gasteiger partial charge in [0.15, 0.2) is 0 Å². The van der Waals surface area contributed by atoms with Gasteiger partial charge in [0.1, 0.15) is 11.6 Å². The Kier molecular flexibility index (Phi) is 6.39. The van der Waals surface area contributed by atoms with Crippen molar-refractivity contribution in [1.82, 2.24) is 9.80 Å². The molecule has 1 saturated heterocycles. The Morgan fingerprint density at radius 3 is 2.50 bits per heavy atom. The third-order valence-corrected chi connectivity index (χ3v) is 4.62. The Hall–Kier alpha value is -2.32. The molecule has 1 amide bonds. The van der Waals surface area contributed by atoms with Crippen LogP contribution >= 0.6 is 0 Å². The van der Waals surface area contributed by atoms with Crippen molar-refractivity contribution in [3.63, 3.8) is 0 Å². The first kappa shape index (κ1) is 18.0. The average molecular weight is 326 g/mol. The lowest BCUT2D eigenvalue weighted by Crippen LogP contribution is -2.45. The molecule has 24 heavy (non-hydrogen) atoms. The van der Waals surface area contributed by atoms with Crippen molar-refractivity contribution in [2.75, 3.05) is 38.6 Å². The van der Waals surface area contributed by atoms with Crippen LogP contribution in [0.15, 0.2) is 42.1 Å². The van der Waals surface area contributed by atoms with E-state index in [-0.39, 0.29) is 17.5 Å². The normalized spacial score (nSPS) is 16.5. The molecule has 0 bridgehead atoms. The Morgan fingerprint density at radius 2 is 1.96 bits per heavy atom. The number of anilines is 1. The number of para-hydroxylation sites is 1. The number of benzene rings is 1. The maximum absolute atomic E-state index is 12.7. The number of carbonyl (C=O) groups excluding carboxylic acids is 1. The number of amides is 1. The fourth-order valence-electron chi connectivity index (χ4n) is 2.99. The van der Waals surface area contributed by atoms with Gasteiger partial charge in [-0.1, -0.05) is 18.2 Å². The summed E-state index contributed by atoms with van der Waals surface area (Å²) in [7, 11) is 3.90. The largest absolute Gasteiger partial charge is 0.347 e. The SMILES string of the molecule is CCN(/C=C(/C#N)C(=O)N(C)C1CCN(C)CC1)c1ccccc1. The number of piperidine rings is 1. The number of carbonyl (C=O) groups is 1. The van der Waals surface area contributed by atoms with Crippen LogP contribution in [0.1, 0.15) is 19.8 Å². The highest BCUT2D eigenvalue weighted by Crippen LogP contribution is 2.18. The third kappa shape index (κ3) is 4.36. The fourth-order valence-corrected chi connectivity index (χ4v) is 2.99. The molecular formula is C19H26N4O. The van der Waals surface area contributed by atoms with Crippen LogP contribution in [-0.4, -0.2) is 55.5 Å². The summed E-state index contributed by atoms with van der Waals surface area (Å²) in [6, 6.07) is 12.1. The quantitative estimate of drug-likeness (QED) is 0.616. The third-order valence-electron chi connectivity index (χ3n) is 4.62. The molecule has 0 unspecified atom stereocenters. The minimum absolute atomic E-state index is 0.183. The molecule has 1 aliphatic heterocycles. The van der Waals surface area contributed by atoms with Gasteiger partial charge in [-0.25, -0.2) is 0 Å². The zero-order valence-electron chi connectivity index (χ0n) is 14.8. The van der Waals surface area contributed by atoms with Gasteiger partial charge in [-0.3, -0.25) is 4.79 Å². The standard InChI is InChI=1S/C19H26N4O/c1-4-23(18-8-6-5-7-9-18)15-16(14-20)19(24)22(3)17-10-12-21(2)13-11-17/h5-9,15,17H,4,10-13H2,1-3H3/b16-15-. The average Bonchev–Trinajstić information content (AvgIpc) is 2.63. The van der Waals surface area contributed by atoms with Gasteiger partial charge >= 0.3 is 0 Å². The van der Waals surface area contributed by atoms with Crippen LogP contribution in [0, 0.1) is 11.3 Å². The highest BCUT2D eigenvalue weighted by atomic mass is 16.2. The lowest BCUT2D eigenvalue weighted by atomic mass is 10.0. The summed E-state index contributed by atoms with van der Waals surface area (Å²) in [5.74, 6) is -0.193. The Bertz CT molecular complexity index is 612. The van der Waals surface area contributed by atoms with Gasteiger partial charge in [0, 0.05) is 31.5 Å². The Balaban J connectivity index is 2.14. The second-order valence-electron chi connectivity index (χ2n) is 6.23. The maximum atomic E-state index is 12.7. The summed E-state index contributed by atoms with van der Waals surface area (Å²) in [4.78, 5) is 18.7. The van der Waals surface area contributed by atoms with Gasteiger partial charge in [0.05, 0.1) is 0 Å². The van der Waals surface area contributed by atoms with Gasteiger partial charge in [-0.05, 0) is 52.0 Å². The lowest BCUT2D eigenvalue weighted by Gasteiger charge is -2.35. The topological polar surface area (TPSA) is 50.6 Å². The molecule has 5 nitrogen and oxygen atoms in total. The van der Waals surface area contributed by atoms with Gasteiger partial charge in [-0.15, -0.1) is 0 Å². The molecule has 0 aromatic heterocycles. The molecule has 5 heteroatoms. The van der Waals surface area contributed by atoms with E-state index in [9.17, 15) is 10.1 Å². The van der Waals surface area contributed by atoms with E-state index in [1.807, 2.05) is 49.2 Å². The van der Waals surface area contributed by atoms with E-state index in [2.05, 4.69) is 18.0 Å². The highest BCUT2D eigenvalue weighted by Gasteiger charge is 2.26. The number of hydrogen-bond acceptors (Lipinski definition) is 4. The van der Waals surface area contributed by atoms with Crippen molar-refractivity contribution in [3.05, 3.63) is 42.1 Å². The van der Waals surface area contributed by atoms with Crippen LogP contribution < -0.4 is 4.90 Å². The minimum Gasteiger partial charge on any atom is -0.347 e. The van der Waals surface area contributed by atoms with Crippen molar-refractivity contribution in [1.29, 1.82) is 5.26 Å². The first-order chi connectivity index (χ1) is 11.6. The minimum atomic E-state index is -0.193. The van der Waals surface area contributed by atoms with Crippen molar-refractivity contribution < 1.29 is 4.79 Å². The molecular weight excluding hydrogens is 300 g/mol. The number of nitrogens with zero attached hydrogens (tertiary/aromatic N) is 4. The molecule has 2 rings (SSSR count). The van der Waals surface area contributed by atoms with Crippen LogP contribution in [0.4, 0.5) is 5.69 Å². The van der Waals surface area contributed by atoms with E-state index in [1.54, 1.807) is 11.1 Å². The molecule has 128 valence electrons. The molecule has 0 atom stereocenters. The number of hydrogen-bond donors (Lipinski definition) is 0. The van der Waals surface area contributed by atoms with Crippen LogP contribution in [0.3, 0.4) is 0 Å². The van der Waals surface area contributed by atoms with Gasteiger partial charge in [0.2, 0.25) is 0 Å². The molecule has 1 aliphatic rings. The number of likely N-dealkylation sites (N-methyl/N-ethyl adjacent to an activating group) is 1. The zero-order chi connectivity index (χ0) is 17.5. The van der Waals surface area contributed by atoms with E-state index in [0.717, 1.165) is 31.6 Å². The van der Waals surface area contributed by atoms with Crippen molar-refractivity contribution >= 4 is 11.6 Å². The zero-order valence-corrected chi connectivity index (χ0v) is 14.8. The summed E-state index contributed by atoms with van der Waals surface area (Å²) >= 11 is 0. The smallest absolute Gasteiger partial charge is 0.266 e. The van der Waals surface area contributed by atoms with E-state index in [4.69, 9.17) is 0 Å². The first-order valence-electron chi connectivity index (χ1n) is 8.46. The molecule has 0 radical (unpaired) electrons. The number of nitriles is 1. The van der Waals surface area contributed by atoms with Crippen LogP contribution in [0.5, 0.6) is 0 Å². The highest BCUT2D eigenvalue weighted by molar-refractivity contribution is 5.97. The molecule has 0 N–H and O–H groups in total. The second-order valence-corrected chi connectivity index (χ2v) is 6.23. The molecule has 1 fully saturated rings. The summed E-state index contributed by atoms with van der Waals surface area (Å²) in [6.07, 6.45) is 3.57. The van der Waals surface area contributed by atoms with E-state index in [1.165, 1.54) is 0 Å². The summed E-state index contributed by atoms with van der Waals surface area (Å²) in [5, 5.41) is 9.48. The predicted molar refractivity (Wildman–Crippen MR) is 96.4 cm³/mol. The molecule has 1 aromatic carbocycles. The van der Waals surface area contributed by atoms with Crippen molar-refractivity contribution in [3.8, 4) is 6.07 Å². The van der Waals surface area contributed by atoms with Gasteiger partial charge < -0.3 is 14.7 Å². The lowest BCUT2D eigenvalue weighted by molar-refractivity contribution is -0.128. The van der Waals surface area contributed by atoms with Gasteiger partial charge in [0.25, 0.3) is 5.91 Å². The Labute approximate surface area is 144 Å². The van der Waals surface area contributed by atoms with Gasteiger partial charge in [-0.2, -0.15) is 5.26 Å². The van der Waals surface area contributed by atoms with E-state index < -0.39 is 0 Å². The maximum Gasteiger partial charge on any atom is 0.266 e. The summed E-state index contributed by atoms with van der Waals surface area (Å²) in [6.45, 7) is 4.67. The first-order valence-corrected chi connectivity index (χ1v) is 8.46. The summed E-state index contributed by atoms with van der Waals surface area (Å²) in [5.41, 5.74) is 1.16. The summed E-state index contributed by atoms with van der Waals surface area (Å²) < 4.78 is 0. The Morgan fingerprint density at radius 1 is 1.33 bits per heavy atom. The number of likely N-dealkylation sites (tertiary alicyclic amines) is 1. The number of rotatable bonds is 5. The molecule has 1 aromatic rings. The fraction of sp³-hybridized carbons (Fsp3) is 0.474. The van der Waals surface area contributed by atoms with Crippen molar-refractivity contribution in [2.24, 2.45) is 0 Å². The monoisotopic (exact) mass is 326 g/mol. The predicted octanol–water partition coefficient (Wildman–Crippen LogP) is 2.47.